The number of amides is 2. The lowest BCUT2D eigenvalue weighted by Gasteiger charge is -2.28. The summed E-state index contributed by atoms with van der Waals surface area (Å²) in [6.45, 7) is 5.95. The first-order chi connectivity index (χ1) is 11.7. The van der Waals surface area contributed by atoms with Gasteiger partial charge in [-0.2, -0.15) is 0 Å². The van der Waals surface area contributed by atoms with E-state index < -0.39 is 17.4 Å². The maximum atomic E-state index is 12.5. The van der Waals surface area contributed by atoms with Crippen molar-refractivity contribution in [1.29, 1.82) is 0 Å². The van der Waals surface area contributed by atoms with E-state index >= 15 is 0 Å². The molecule has 6 heteroatoms. The minimum absolute atomic E-state index is 0.00591. The summed E-state index contributed by atoms with van der Waals surface area (Å²) < 4.78 is 0. The van der Waals surface area contributed by atoms with E-state index in [9.17, 15) is 14.4 Å². The Balaban J connectivity index is 1.97. The standard InChI is InChI=1S/C19H26N2O4/c1-13(14-7-5-4-6-8-14)21-12-15(11-16(21)22)18(25)20-19(2,3)10-9-17(23)24/h4-8,13,15H,9-12H2,1-3H3,(H,20,25)(H,23,24)/t13-,15+/m1/s1. The third-order valence-corrected chi connectivity index (χ3v) is 4.70. The second-order valence-electron chi connectivity index (χ2n) is 7.30. The van der Waals surface area contributed by atoms with Crippen LogP contribution in [-0.4, -0.2) is 39.9 Å². The van der Waals surface area contributed by atoms with Crippen LogP contribution in [0.3, 0.4) is 0 Å². The van der Waals surface area contributed by atoms with Gasteiger partial charge in [0.1, 0.15) is 0 Å². The number of aliphatic carboxylic acids is 1. The number of likely N-dealkylation sites (tertiary alicyclic amines) is 1. The normalized spacial score (nSPS) is 18.9. The van der Waals surface area contributed by atoms with Crippen LogP contribution in [0.1, 0.15) is 51.6 Å². The van der Waals surface area contributed by atoms with Gasteiger partial charge in [-0.15, -0.1) is 0 Å². The molecule has 1 saturated heterocycles. The predicted octanol–water partition coefficient (Wildman–Crippen LogP) is 2.36. The first-order valence-corrected chi connectivity index (χ1v) is 8.58. The number of benzene rings is 1. The maximum absolute atomic E-state index is 12.5. The van der Waals surface area contributed by atoms with Crippen molar-refractivity contribution in [2.24, 2.45) is 5.92 Å². The zero-order chi connectivity index (χ0) is 18.6. The fourth-order valence-corrected chi connectivity index (χ4v) is 3.11. The van der Waals surface area contributed by atoms with E-state index in [1.165, 1.54) is 0 Å². The summed E-state index contributed by atoms with van der Waals surface area (Å²) in [5.74, 6) is -1.50. The van der Waals surface area contributed by atoms with Gasteiger partial charge in [0, 0.05) is 24.9 Å². The highest BCUT2D eigenvalue weighted by Gasteiger charge is 2.38. The van der Waals surface area contributed by atoms with Crippen LogP contribution in [0.4, 0.5) is 0 Å². The molecule has 1 aromatic rings. The number of carbonyl (C=O) groups is 3. The van der Waals surface area contributed by atoms with E-state index in [2.05, 4.69) is 5.32 Å². The molecular formula is C19H26N2O4. The Morgan fingerprint density at radius 2 is 1.96 bits per heavy atom. The second-order valence-corrected chi connectivity index (χ2v) is 7.30. The highest BCUT2D eigenvalue weighted by molar-refractivity contribution is 5.89. The molecule has 0 spiro atoms. The van der Waals surface area contributed by atoms with Gasteiger partial charge in [0.2, 0.25) is 11.8 Å². The second kappa shape index (κ2) is 7.68. The van der Waals surface area contributed by atoms with Gasteiger partial charge in [-0.3, -0.25) is 14.4 Å². The van der Waals surface area contributed by atoms with Crippen LogP contribution in [0.15, 0.2) is 30.3 Å². The predicted molar refractivity (Wildman–Crippen MR) is 93.8 cm³/mol. The third-order valence-electron chi connectivity index (χ3n) is 4.70. The lowest BCUT2D eigenvalue weighted by molar-refractivity contribution is -0.138. The van der Waals surface area contributed by atoms with Gasteiger partial charge in [0.15, 0.2) is 0 Å². The molecule has 0 aromatic heterocycles. The number of hydrogen-bond donors (Lipinski definition) is 2. The molecule has 2 rings (SSSR count). The van der Waals surface area contributed by atoms with Crippen molar-refractivity contribution in [1.82, 2.24) is 10.2 Å². The highest BCUT2D eigenvalue weighted by atomic mass is 16.4. The van der Waals surface area contributed by atoms with Crippen LogP contribution in [0.2, 0.25) is 0 Å². The van der Waals surface area contributed by atoms with E-state index in [4.69, 9.17) is 5.11 Å². The Bertz CT molecular complexity index is 642. The molecule has 2 N–H and O–H groups in total. The summed E-state index contributed by atoms with van der Waals surface area (Å²) in [7, 11) is 0. The topological polar surface area (TPSA) is 86.7 Å². The van der Waals surface area contributed by atoms with Crippen molar-refractivity contribution in [2.75, 3.05) is 6.54 Å². The molecule has 0 radical (unpaired) electrons. The quantitative estimate of drug-likeness (QED) is 0.793. The number of carboxylic acids is 1. The smallest absolute Gasteiger partial charge is 0.303 e. The third kappa shape index (κ3) is 5.05. The number of nitrogens with one attached hydrogen (secondary N) is 1. The lowest BCUT2D eigenvalue weighted by Crippen LogP contribution is -2.47. The van der Waals surface area contributed by atoms with Crippen molar-refractivity contribution >= 4 is 17.8 Å². The molecule has 1 heterocycles. The van der Waals surface area contributed by atoms with E-state index in [1.54, 1.807) is 18.7 Å². The van der Waals surface area contributed by atoms with Gasteiger partial charge in [-0.05, 0) is 32.8 Å². The number of hydrogen-bond acceptors (Lipinski definition) is 3. The van der Waals surface area contributed by atoms with Crippen LogP contribution in [0.5, 0.6) is 0 Å². The number of nitrogens with zero attached hydrogens (tertiary/aromatic N) is 1. The van der Waals surface area contributed by atoms with Crippen LogP contribution in [-0.2, 0) is 14.4 Å². The molecule has 6 nitrogen and oxygen atoms in total. The summed E-state index contributed by atoms with van der Waals surface area (Å²) in [5, 5.41) is 11.7. The van der Waals surface area contributed by atoms with Crippen molar-refractivity contribution in [3.8, 4) is 0 Å². The van der Waals surface area contributed by atoms with Gasteiger partial charge < -0.3 is 15.3 Å². The summed E-state index contributed by atoms with van der Waals surface area (Å²) >= 11 is 0. The number of rotatable bonds is 7. The Morgan fingerprint density at radius 1 is 1.32 bits per heavy atom. The molecule has 1 fully saturated rings. The Labute approximate surface area is 148 Å². The van der Waals surface area contributed by atoms with Crippen LogP contribution < -0.4 is 5.32 Å². The molecule has 0 bridgehead atoms. The van der Waals surface area contributed by atoms with Crippen molar-refractivity contribution in [2.45, 2.75) is 51.6 Å². The molecule has 136 valence electrons. The molecular weight excluding hydrogens is 320 g/mol. The summed E-state index contributed by atoms with van der Waals surface area (Å²) in [6.07, 6.45) is 0.533. The minimum atomic E-state index is -0.888. The van der Waals surface area contributed by atoms with Gasteiger partial charge in [0.25, 0.3) is 0 Å². The van der Waals surface area contributed by atoms with Gasteiger partial charge >= 0.3 is 5.97 Å². The highest BCUT2D eigenvalue weighted by Crippen LogP contribution is 2.29. The zero-order valence-electron chi connectivity index (χ0n) is 15.0. The molecule has 0 saturated carbocycles. The first kappa shape index (κ1) is 19.0. The van der Waals surface area contributed by atoms with Crippen molar-refractivity contribution < 1.29 is 19.5 Å². The van der Waals surface area contributed by atoms with Gasteiger partial charge in [0.05, 0.1) is 12.0 Å². The fourth-order valence-electron chi connectivity index (χ4n) is 3.11. The molecule has 2 atom stereocenters. The van der Waals surface area contributed by atoms with E-state index in [-0.39, 0.29) is 30.7 Å². The molecule has 1 aliphatic rings. The zero-order valence-corrected chi connectivity index (χ0v) is 15.0. The first-order valence-electron chi connectivity index (χ1n) is 8.58. The van der Waals surface area contributed by atoms with Gasteiger partial charge in [-0.1, -0.05) is 30.3 Å². The van der Waals surface area contributed by atoms with Crippen LogP contribution in [0, 0.1) is 5.92 Å². The Morgan fingerprint density at radius 3 is 2.56 bits per heavy atom. The molecule has 0 aliphatic carbocycles. The SMILES string of the molecule is C[C@H](c1ccccc1)N1C[C@@H](C(=O)NC(C)(C)CCC(=O)O)CC1=O. The van der Waals surface area contributed by atoms with Crippen molar-refractivity contribution in [3.05, 3.63) is 35.9 Å². The number of carboxylic acid groups (broad SMARTS) is 1. The molecule has 1 aromatic carbocycles. The fraction of sp³-hybridized carbons (Fsp3) is 0.526. The van der Waals surface area contributed by atoms with E-state index in [0.29, 0.717) is 13.0 Å². The average molecular weight is 346 g/mol. The molecule has 2 amide bonds. The monoisotopic (exact) mass is 346 g/mol. The van der Waals surface area contributed by atoms with Crippen LogP contribution >= 0.6 is 0 Å². The maximum Gasteiger partial charge on any atom is 0.303 e. The Hall–Kier alpha value is -2.37. The van der Waals surface area contributed by atoms with E-state index in [0.717, 1.165) is 5.56 Å². The molecule has 1 aliphatic heterocycles. The van der Waals surface area contributed by atoms with Crippen molar-refractivity contribution in [3.63, 3.8) is 0 Å². The molecule has 0 unspecified atom stereocenters. The average Bonchev–Trinajstić information content (AvgIpc) is 2.95. The van der Waals surface area contributed by atoms with Crippen LogP contribution in [0.25, 0.3) is 0 Å². The summed E-state index contributed by atoms with van der Waals surface area (Å²) in [6, 6.07) is 9.66. The molecule has 25 heavy (non-hydrogen) atoms. The van der Waals surface area contributed by atoms with Gasteiger partial charge in [-0.25, -0.2) is 0 Å². The summed E-state index contributed by atoms with van der Waals surface area (Å²) in [4.78, 5) is 37.3. The minimum Gasteiger partial charge on any atom is -0.481 e. The largest absolute Gasteiger partial charge is 0.481 e. The Kier molecular flexibility index (Phi) is 5.82. The summed E-state index contributed by atoms with van der Waals surface area (Å²) in [5.41, 5.74) is 0.426. The lowest BCUT2D eigenvalue weighted by atomic mass is 9.96. The van der Waals surface area contributed by atoms with E-state index in [1.807, 2.05) is 37.3 Å². The number of carbonyl (C=O) groups excluding carboxylic acids is 2.